The van der Waals surface area contributed by atoms with Gasteiger partial charge in [-0.05, 0) is 142 Å². The molecule has 10 nitrogen and oxygen atoms in total. The molecule has 5 aromatic rings. The highest BCUT2D eigenvalue weighted by atomic mass is 16.6. The Morgan fingerprint density at radius 2 is 1.02 bits per heavy atom. The van der Waals surface area contributed by atoms with Crippen molar-refractivity contribution >= 4 is 23.0 Å². The van der Waals surface area contributed by atoms with Crippen LogP contribution >= 0.6 is 0 Å². The van der Waals surface area contributed by atoms with Gasteiger partial charge >= 0.3 is 12.2 Å². The van der Waals surface area contributed by atoms with Gasteiger partial charge in [-0.1, -0.05) is 48.5 Å². The minimum absolute atomic E-state index is 0.231. The number of amides is 2. The van der Waals surface area contributed by atoms with Gasteiger partial charge in [0.25, 0.3) is 0 Å². The number of hydrogen-bond acceptors (Lipinski definition) is 6. The summed E-state index contributed by atoms with van der Waals surface area (Å²) in [5, 5.41) is 2.31. The van der Waals surface area contributed by atoms with Crippen molar-refractivity contribution in [3.63, 3.8) is 0 Å². The molecule has 56 heavy (non-hydrogen) atoms. The maximum Gasteiger partial charge on any atom is 0.411 e. The fraction of sp³-hybridized carbons (Fsp3) is 0.478. The second kappa shape index (κ2) is 10.8. The third kappa shape index (κ3) is 5.06. The van der Waals surface area contributed by atoms with Crippen molar-refractivity contribution in [3.05, 3.63) is 84.7 Å². The van der Waals surface area contributed by atoms with E-state index >= 15 is 0 Å². The number of benzene rings is 3. The van der Waals surface area contributed by atoms with Crippen LogP contribution in [-0.4, -0.2) is 66.2 Å². The predicted octanol–water partition coefficient (Wildman–Crippen LogP) is 9.78. The first-order chi connectivity index (χ1) is 26.6. The van der Waals surface area contributed by atoms with Crippen LogP contribution in [-0.2, 0) is 20.6 Å². The number of carbonyl (C=O) groups is 2. The maximum absolute atomic E-state index is 13.4. The van der Waals surface area contributed by atoms with Gasteiger partial charge in [0.1, 0.15) is 33.9 Å². The number of aromatic nitrogens is 4. The first-order valence-electron chi connectivity index (χ1n) is 20.4. The van der Waals surface area contributed by atoms with E-state index in [1.54, 1.807) is 0 Å². The molecule has 0 bridgehead atoms. The number of imidazole rings is 2. The lowest BCUT2D eigenvalue weighted by Crippen LogP contribution is -2.43. The van der Waals surface area contributed by atoms with Gasteiger partial charge in [0.2, 0.25) is 0 Å². The average molecular weight is 751 g/mol. The molecule has 2 spiro atoms. The Morgan fingerprint density at radius 1 is 0.607 bits per heavy atom. The molecule has 4 heterocycles. The van der Waals surface area contributed by atoms with E-state index < -0.39 is 16.7 Å². The molecule has 4 atom stereocenters. The third-order valence-corrected chi connectivity index (χ3v) is 13.9. The van der Waals surface area contributed by atoms with Crippen molar-refractivity contribution in [3.8, 4) is 33.6 Å². The van der Waals surface area contributed by atoms with E-state index in [1.165, 1.54) is 25.7 Å². The largest absolute Gasteiger partial charge is 0.444 e. The zero-order chi connectivity index (χ0) is 38.6. The fourth-order valence-electron chi connectivity index (χ4n) is 10.7. The molecule has 6 aliphatic rings. The van der Waals surface area contributed by atoms with E-state index in [1.807, 2.05) is 63.7 Å². The van der Waals surface area contributed by atoms with Crippen molar-refractivity contribution in [2.24, 2.45) is 22.7 Å². The molecular formula is C46H50N6O4. The lowest BCUT2D eigenvalue weighted by molar-refractivity contribution is 0.0138. The van der Waals surface area contributed by atoms with Gasteiger partial charge in [0.05, 0.1) is 23.8 Å². The van der Waals surface area contributed by atoms with Gasteiger partial charge in [-0.3, -0.25) is 9.80 Å². The van der Waals surface area contributed by atoms with Crippen molar-refractivity contribution < 1.29 is 19.1 Å². The summed E-state index contributed by atoms with van der Waals surface area (Å²) in [5.41, 5.74) is 4.93. The summed E-state index contributed by atoms with van der Waals surface area (Å²) in [7, 11) is 0. The number of nitrogens with zero attached hydrogens (tertiary/aromatic N) is 4. The SMILES string of the molecule is CC(C)(C)OC(=O)N1CC2(CC2)[C@H]2CC21c1ncc(-c2ccc(-c3ccc4cc(-c5cnc(C67C[C@@H]6C6(CC6)CN7C(=O)OC(C)(C)C)[nH]5)ccc4c3)cc2)[nH]1. The quantitative estimate of drug-likeness (QED) is 0.185. The van der Waals surface area contributed by atoms with Crippen LogP contribution in [0.2, 0.25) is 0 Å². The summed E-state index contributed by atoms with van der Waals surface area (Å²) in [4.78, 5) is 47.8. The Kier molecular flexibility index (Phi) is 6.61. The molecule has 2 N–H and O–H groups in total. The zero-order valence-corrected chi connectivity index (χ0v) is 33.2. The van der Waals surface area contributed by atoms with Crippen LogP contribution in [0.15, 0.2) is 73.1 Å². The number of piperidine rings is 2. The number of rotatable bonds is 5. The van der Waals surface area contributed by atoms with Crippen LogP contribution in [0.4, 0.5) is 9.59 Å². The molecular weight excluding hydrogens is 701 g/mol. The van der Waals surface area contributed by atoms with E-state index in [0.29, 0.717) is 11.8 Å². The molecule has 11 rings (SSSR count). The van der Waals surface area contributed by atoms with Crippen molar-refractivity contribution in [2.75, 3.05) is 13.1 Å². The summed E-state index contributed by atoms with van der Waals surface area (Å²) in [6, 6.07) is 21.8. The van der Waals surface area contributed by atoms with Gasteiger partial charge in [0, 0.05) is 18.7 Å². The van der Waals surface area contributed by atoms with Crippen LogP contribution in [0.3, 0.4) is 0 Å². The second-order valence-electron chi connectivity index (χ2n) is 19.9. The number of aromatic amines is 2. The lowest BCUT2D eigenvalue weighted by atomic mass is 9.98. The molecule has 4 saturated carbocycles. The minimum atomic E-state index is -0.542. The lowest BCUT2D eigenvalue weighted by Gasteiger charge is -2.30. The normalized spacial score (nSPS) is 27.4. The molecule has 2 aromatic heterocycles. The Morgan fingerprint density at radius 3 is 1.48 bits per heavy atom. The van der Waals surface area contributed by atoms with Gasteiger partial charge in [-0.25, -0.2) is 19.6 Å². The Labute approximate surface area is 327 Å². The van der Waals surface area contributed by atoms with Gasteiger partial charge in [-0.2, -0.15) is 0 Å². The highest BCUT2D eigenvalue weighted by molar-refractivity contribution is 5.90. The van der Waals surface area contributed by atoms with E-state index in [9.17, 15) is 9.59 Å². The van der Waals surface area contributed by atoms with E-state index in [0.717, 1.165) is 82.0 Å². The highest BCUT2D eigenvalue weighted by Gasteiger charge is 2.80. The number of carbonyl (C=O) groups excluding carboxylic acids is 2. The van der Waals surface area contributed by atoms with Crippen LogP contribution in [0.5, 0.6) is 0 Å². The highest BCUT2D eigenvalue weighted by Crippen LogP contribution is 2.77. The molecule has 2 amide bonds. The van der Waals surface area contributed by atoms with E-state index in [4.69, 9.17) is 19.4 Å². The van der Waals surface area contributed by atoms with E-state index in [-0.39, 0.29) is 28.6 Å². The monoisotopic (exact) mass is 750 g/mol. The summed E-state index contributed by atoms with van der Waals surface area (Å²) in [6.07, 6.45) is 9.95. The molecule has 4 aliphatic carbocycles. The number of nitrogens with one attached hydrogen (secondary N) is 2. The summed E-state index contributed by atoms with van der Waals surface area (Å²) in [5.74, 6) is 2.64. The second-order valence-corrected chi connectivity index (χ2v) is 19.9. The van der Waals surface area contributed by atoms with E-state index in [2.05, 4.69) is 70.6 Å². The zero-order valence-electron chi connectivity index (χ0n) is 33.2. The van der Waals surface area contributed by atoms with Gasteiger partial charge in [0.15, 0.2) is 0 Å². The number of hydrogen-bond donors (Lipinski definition) is 2. The first kappa shape index (κ1) is 34.2. The number of fused-ring (bicyclic) bond motifs is 5. The van der Waals surface area contributed by atoms with Gasteiger partial charge < -0.3 is 19.4 Å². The van der Waals surface area contributed by atoms with Crippen molar-refractivity contribution in [2.45, 2.75) is 102 Å². The van der Waals surface area contributed by atoms with Gasteiger partial charge in [-0.15, -0.1) is 0 Å². The molecule has 2 aliphatic heterocycles. The predicted molar refractivity (Wildman–Crippen MR) is 213 cm³/mol. The van der Waals surface area contributed by atoms with Crippen LogP contribution in [0, 0.1) is 22.7 Å². The minimum Gasteiger partial charge on any atom is -0.444 e. The number of ether oxygens (including phenoxy) is 2. The Bertz CT molecular complexity index is 2460. The smallest absolute Gasteiger partial charge is 0.411 e. The van der Waals surface area contributed by atoms with Crippen molar-refractivity contribution in [1.29, 1.82) is 0 Å². The molecule has 3 aromatic carbocycles. The molecule has 0 radical (unpaired) electrons. The van der Waals surface area contributed by atoms with Crippen molar-refractivity contribution in [1.82, 2.24) is 29.7 Å². The Hall–Kier alpha value is -5.12. The maximum atomic E-state index is 13.4. The number of likely N-dealkylation sites (tertiary alicyclic amines) is 2. The average Bonchev–Trinajstić information content (AvgIpc) is 4.11. The molecule has 2 saturated heterocycles. The topological polar surface area (TPSA) is 116 Å². The van der Waals surface area contributed by atoms with Crippen LogP contribution in [0.25, 0.3) is 44.4 Å². The first-order valence-corrected chi connectivity index (χ1v) is 20.4. The summed E-state index contributed by atoms with van der Waals surface area (Å²) < 4.78 is 11.7. The van der Waals surface area contributed by atoms with Crippen LogP contribution < -0.4 is 0 Å². The van der Waals surface area contributed by atoms with Crippen LogP contribution in [0.1, 0.15) is 91.7 Å². The Balaban J connectivity index is 0.811. The number of H-pyrrole nitrogens is 2. The molecule has 6 fully saturated rings. The third-order valence-electron chi connectivity index (χ3n) is 13.9. The fourth-order valence-corrected chi connectivity index (χ4v) is 10.7. The summed E-state index contributed by atoms with van der Waals surface area (Å²) >= 11 is 0. The summed E-state index contributed by atoms with van der Waals surface area (Å²) in [6.45, 7) is 13.1. The molecule has 2 unspecified atom stereocenters. The standard InChI is InChI=1S/C46H50N6O4/c1-41(2,3)55-39(53)51-25-43(15-16-43)35-21-45(35,51)37-47-23-33(49-37)28-9-7-27(8-10-28)29-11-12-31-20-32(14-13-30(31)19-29)34-24-48-38(50-34)46-22-36(46)44(17-18-44)26-52(46)40(54)56-42(4,5)6/h7-14,19-20,23-24,35-36H,15-18,21-22,25-26H2,1-6H3,(H,47,49)(H,48,50)/t35-,36-,45?,46?/m1/s1. The molecule has 288 valence electrons. The molecule has 10 heteroatoms.